The minimum Gasteiger partial charge on any atom is -0.215 e. The molecule has 0 saturated carbocycles. The zero-order valence-corrected chi connectivity index (χ0v) is 4.94. The van der Waals surface area contributed by atoms with Crippen LogP contribution in [-0.2, 0) is 0 Å². The maximum Gasteiger partial charge on any atom is 0.270 e. The molecule has 2 heterocycles. The highest BCUT2D eigenvalue weighted by molar-refractivity contribution is 6.14. The third-order valence-corrected chi connectivity index (χ3v) is 1.44. The first-order chi connectivity index (χ1) is 4.47. The van der Waals surface area contributed by atoms with Crippen molar-refractivity contribution in [3.05, 3.63) is 24.4 Å². The molecule has 0 spiro atoms. The number of nitrogens with zero attached hydrogens (tertiary/aromatic N) is 2. The van der Waals surface area contributed by atoms with E-state index in [1.54, 1.807) is 0 Å². The molecule has 44 valence electrons. The molecule has 2 aliphatic heterocycles. The molecule has 0 bridgehead atoms. The van der Waals surface area contributed by atoms with Gasteiger partial charge in [-0.2, -0.15) is 4.58 Å². The van der Waals surface area contributed by atoms with Crippen LogP contribution in [0.25, 0.3) is 0 Å². The van der Waals surface area contributed by atoms with Gasteiger partial charge in [-0.25, -0.2) is 4.99 Å². The van der Waals surface area contributed by atoms with Crippen LogP contribution >= 0.6 is 0 Å². The van der Waals surface area contributed by atoms with Crippen LogP contribution in [0.4, 0.5) is 0 Å². The largest absolute Gasteiger partial charge is 0.270 e. The monoisotopic (exact) mass is 119 g/mol. The topological polar surface area (TPSA) is 15.4 Å². The van der Waals surface area contributed by atoms with Gasteiger partial charge in [0.1, 0.15) is 0 Å². The predicted octanol–water partition coefficient (Wildman–Crippen LogP) is 0.564. The number of fused-ring (bicyclic) bond motifs is 1. The normalized spacial score (nSPS) is 28.4. The van der Waals surface area contributed by atoms with Crippen molar-refractivity contribution in [2.24, 2.45) is 4.99 Å². The van der Waals surface area contributed by atoms with Crippen LogP contribution in [0.3, 0.4) is 0 Å². The van der Waals surface area contributed by atoms with Gasteiger partial charge in [-0.1, -0.05) is 6.08 Å². The average molecular weight is 119 g/mol. The Kier molecular flexibility index (Phi) is 0.859. The van der Waals surface area contributed by atoms with Gasteiger partial charge in [-0.3, -0.25) is 0 Å². The van der Waals surface area contributed by atoms with Crippen molar-refractivity contribution in [2.75, 3.05) is 0 Å². The van der Waals surface area contributed by atoms with Crippen molar-refractivity contribution in [1.82, 2.24) is 0 Å². The highest BCUT2D eigenvalue weighted by Crippen LogP contribution is 2.04. The zero-order valence-electron chi connectivity index (χ0n) is 4.94. The van der Waals surface area contributed by atoms with Gasteiger partial charge in [0, 0.05) is 12.2 Å². The fourth-order valence-corrected chi connectivity index (χ4v) is 0.968. The lowest BCUT2D eigenvalue weighted by Crippen LogP contribution is -2.14. The first-order valence-corrected chi connectivity index (χ1v) is 2.96. The van der Waals surface area contributed by atoms with E-state index in [-0.39, 0.29) is 6.17 Å². The van der Waals surface area contributed by atoms with Crippen LogP contribution in [0.2, 0.25) is 0 Å². The summed E-state index contributed by atoms with van der Waals surface area (Å²) < 4.78 is 2.06. The van der Waals surface area contributed by atoms with Gasteiger partial charge >= 0.3 is 0 Å². The van der Waals surface area contributed by atoms with E-state index in [1.165, 1.54) is 0 Å². The molecule has 0 amide bonds. The number of hydrogen-bond donors (Lipinski definition) is 0. The Balaban J connectivity index is 2.40. The summed E-state index contributed by atoms with van der Waals surface area (Å²) >= 11 is 0. The molecule has 0 radical (unpaired) electrons. The predicted molar refractivity (Wildman–Crippen MR) is 36.9 cm³/mol. The molecule has 2 rings (SSSR count). The minimum atomic E-state index is 0.245. The van der Waals surface area contributed by atoms with Crippen molar-refractivity contribution in [3.63, 3.8) is 0 Å². The lowest BCUT2D eigenvalue weighted by atomic mass is 10.3. The first kappa shape index (κ1) is 4.68. The van der Waals surface area contributed by atoms with Gasteiger partial charge in [0.05, 0.1) is 6.21 Å². The van der Waals surface area contributed by atoms with Crippen molar-refractivity contribution < 1.29 is 4.58 Å². The van der Waals surface area contributed by atoms with Crippen LogP contribution in [0.1, 0.15) is 0 Å². The summed E-state index contributed by atoms with van der Waals surface area (Å²) in [6.45, 7) is 0. The van der Waals surface area contributed by atoms with Gasteiger partial charge < -0.3 is 0 Å². The number of hydrogen-bond acceptors (Lipinski definition) is 1. The highest BCUT2D eigenvalue weighted by atomic mass is 15.2. The van der Waals surface area contributed by atoms with Crippen LogP contribution < -0.4 is 0 Å². The second-order valence-corrected chi connectivity index (χ2v) is 2.03. The fourth-order valence-electron chi connectivity index (χ4n) is 0.968. The van der Waals surface area contributed by atoms with Gasteiger partial charge in [0.2, 0.25) is 0 Å². The summed E-state index contributed by atoms with van der Waals surface area (Å²) in [6, 6.07) is 0. The maximum absolute atomic E-state index is 4.16. The summed E-state index contributed by atoms with van der Waals surface area (Å²) in [7, 11) is 0. The van der Waals surface area contributed by atoms with Crippen LogP contribution in [0, 0.1) is 0 Å². The van der Waals surface area contributed by atoms with E-state index in [4.69, 9.17) is 0 Å². The Bertz CT molecular complexity index is 233. The summed E-state index contributed by atoms with van der Waals surface area (Å²) in [5, 5.41) is 0. The maximum atomic E-state index is 4.16. The molecule has 0 fully saturated rings. The summed E-state index contributed by atoms with van der Waals surface area (Å²) in [4.78, 5) is 4.16. The van der Waals surface area contributed by atoms with Gasteiger partial charge in [0.15, 0.2) is 12.4 Å². The Morgan fingerprint density at radius 2 is 2.33 bits per heavy atom. The number of allylic oxidation sites excluding steroid dienone is 2. The van der Waals surface area contributed by atoms with Gasteiger partial charge in [-0.15, -0.1) is 0 Å². The molecular formula is C7H7N2+. The molecule has 2 nitrogen and oxygen atoms in total. The molecular weight excluding hydrogens is 112 g/mol. The van der Waals surface area contributed by atoms with E-state index in [2.05, 4.69) is 15.6 Å². The van der Waals surface area contributed by atoms with Crippen molar-refractivity contribution in [2.45, 2.75) is 6.17 Å². The van der Waals surface area contributed by atoms with Crippen molar-refractivity contribution in [3.8, 4) is 0 Å². The van der Waals surface area contributed by atoms with E-state index < -0.39 is 0 Å². The van der Waals surface area contributed by atoms with Crippen LogP contribution in [-0.4, -0.2) is 23.2 Å². The lowest BCUT2D eigenvalue weighted by Gasteiger charge is -1.99. The second-order valence-electron chi connectivity index (χ2n) is 2.03. The van der Waals surface area contributed by atoms with E-state index in [1.807, 2.05) is 30.8 Å². The zero-order chi connectivity index (χ0) is 6.10. The molecule has 0 N–H and O–H groups in total. The number of aliphatic imine (C=N–C) groups is 1. The molecule has 9 heavy (non-hydrogen) atoms. The molecule has 0 aromatic carbocycles. The Morgan fingerprint density at radius 3 is 3.22 bits per heavy atom. The molecule has 1 unspecified atom stereocenters. The van der Waals surface area contributed by atoms with E-state index >= 15 is 0 Å². The number of rotatable bonds is 0. The first-order valence-electron chi connectivity index (χ1n) is 2.96. The van der Waals surface area contributed by atoms with Crippen LogP contribution in [0.5, 0.6) is 0 Å². The third kappa shape index (κ3) is 0.633. The molecule has 1 atom stereocenters. The molecule has 2 aliphatic rings. The Hall–Kier alpha value is -1.18. The van der Waals surface area contributed by atoms with Crippen LogP contribution in [0.15, 0.2) is 29.4 Å². The summed E-state index contributed by atoms with van der Waals surface area (Å²) in [6.07, 6.45) is 12.1. The second kappa shape index (κ2) is 1.65. The summed E-state index contributed by atoms with van der Waals surface area (Å²) in [5.74, 6) is 0. The van der Waals surface area contributed by atoms with Crippen molar-refractivity contribution in [1.29, 1.82) is 0 Å². The molecule has 0 aliphatic carbocycles. The quantitative estimate of drug-likeness (QED) is 0.414. The molecule has 0 aromatic rings. The Labute approximate surface area is 53.5 Å². The molecule has 0 saturated heterocycles. The molecule has 0 aromatic heterocycles. The third-order valence-electron chi connectivity index (χ3n) is 1.44. The smallest absolute Gasteiger partial charge is 0.215 e. The lowest BCUT2D eigenvalue weighted by molar-refractivity contribution is -0.476. The van der Waals surface area contributed by atoms with Gasteiger partial charge in [-0.05, 0) is 0 Å². The Morgan fingerprint density at radius 1 is 1.33 bits per heavy atom. The van der Waals surface area contributed by atoms with Crippen molar-refractivity contribution >= 4 is 12.4 Å². The van der Waals surface area contributed by atoms with E-state index in [0.29, 0.717) is 0 Å². The van der Waals surface area contributed by atoms with Gasteiger partial charge in [0.25, 0.3) is 6.17 Å². The standard InChI is InChI=1S/C7H7N2/c1-2-5-9-6-4-8-7(9)3-1/h1-7H/q+1. The average Bonchev–Trinajstić information content (AvgIpc) is 2.33. The summed E-state index contributed by atoms with van der Waals surface area (Å²) in [5.41, 5.74) is 0. The van der Waals surface area contributed by atoms with E-state index in [0.717, 1.165) is 0 Å². The molecule has 2 heteroatoms. The highest BCUT2D eigenvalue weighted by Gasteiger charge is 2.18. The minimum absolute atomic E-state index is 0.245. The SMILES string of the molecule is C1=CC2N=CC=[N+]2C=C1. The fraction of sp³-hybridized carbons (Fsp3) is 0.143. The van der Waals surface area contributed by atoms with E-state index in [9.17, 15) is 0 Å².